The second-order valence-electron chi connectivity index (χ2n) is 2.87. The van der Waals surface area contributed by atoms with Crippen molar-refractivity contribution in [3.8, 4) is 5.88 Å². The van der Waals surface area contributed by atoms with Gasteiger partial charge in [-0.15, -0.1) is 0 Å². The maximum Gasteiger partial charge on any atom is 0.257 e. The molecule has 1 aromatic heterocycles. The van der Waals surface area contributed by atoms with E-state index in [-0.39, 0.29) is 22.7 Å². The van der Waals surface area contributed by atoms with Gasteiger partial charge < -0.3 is 10.5 Å². The summed E-state index contributed by atoms with van der Waals surface area (Å²) >= 11 is 0. The van der Waals surface area contributed by atoms with Gasteiger partial charge in [0.1, 0.15) is 0 Å². The fourth-order valence-electron chi connectivity index (χ4n) is 1.20. The lowest BCUT2D eigenvalue weighted by atomic mass is 10.3. The van der Waals surface area contributed by atoms with Crippen LogP contribution >= 0.6 is 0 Å². The molecule has 0 atom stereocenters. The predicted molar refractivity (Wildman–Crippen MR) is 50.4 cm³/mol. The zero-order valence-electron chi connectivity index (χ0n) is 7.79. The van der Waals surface area contributed by atoms with Crippen LogP contribution in [-0.4, -0.2) is 17.1 Å². The van der Waals surface area contributed by atoms with Gasteiger partial charge in [-0.25, -0.2) is 18.7 Å². The summed E-state index contributed by atoms with van der Waals surface area (Å²) in [5, 5.41) is 0. The maximum atomic E-state index is 12.9. The third-order valence-corrected chi connectivity index (χ3v) is 1.89. The molecule has 0 spiro atoms. The van der Waals surface area contributed by atoms with Gasteiger partial charge in [0, 0.05) is 12.1 Å². The topological polar surface area (TPSA) is 61.0 Å². The highest BCUT2D eigenvalue weighted by Gasteiger charge is 2.10. The molecule has 0 bridgehead atoms. The van der Waals surface area contributed by atoms with E-state index in [9.17, 15) is 8.78 Å². The van der Waals surface area contributed by atoms with E-state index in [0.29, 0.717) is 0 Å². The van der Waals surface area contributed by atoms with Crippen LogP contribution in [0.1, 0.15) is 0 Å². The summed E-state index contributed by atoms with van der Waals surface area (Å²) in [6, 6.07) is 1.88. The van der Waals surface area contributed by atoms with E-state index in [0.717, 1.165) is 12.1 Å². The number of benzene rings is 1. The van der Waals surface area contributed by atoms with Crippen molar-refractivity contribution in [1.29, 1.82) is 0 Å². The molecule has 2 N–H and O–H groups in total. The molecule has 0 saturated heterocycles. The molecule has 0 fully saturated rings. The zero-order chi connectivity index (χ0) is 11.0. The van der Waals surface area contributed by atoms with Crippen molar-refractivity contribution in [2.24, 2.45) is 0 Å². The lowest BCUT2D eigenvalue weighted by Gasteiger charge is -2.04. The van der Waals surface area contributed by atoms with Gasteiger partial charge in [-0.1, -0.05) is 0 Å². The van der Waals surface area contributed by atoms with E-state index in [4.69, 9.17) is 10.5 Å². The Balaban J connectivity index is 2.76. The minimum Gasteiger partial charge on any atom is -0.478 e. The van der Waals surface area contributed by atoms with Crippen molar-refractivity contribution in [3.63, 3.8) is 0 Å². The number of nitrogen functional groups attached to an aromatic ring is 1. The number of nitrogens with zero attached hydrogens (tertiary/aromatic N) is 2. The van der Waals surface area contributed by atoms with Crippen molar-refractivity contribution in [2.75, 3.05) is 12.8 Å². The molecule has 2 rings (SSSR count). The summed E-state index contributed by atoms with van der Waals surface area (Å²) in [6.07, 6.45) is 0. The minimum atomic E-state index is -0.985. The molecule has 78 valence electrons. The largest absolute Gasteiger partial charge is 0.478 e. The third kappa shape index (κ3) is 1.54. The molecule has 6 heteroatoms. The smallest absolute Gasteiger partial charge is 0.257 e. The van der Waals surface area contributed by atoms with Crippen LogP contribution in [0.15, 0.2) is 12.1 Å². The fourth-order valence-corrected chi connectivity index (χ4v) is 1.20. The van der Waals surface area contributed by atoms with Crippen molar-refractivity contribution in [1.82, 2.24) is 9.97 Å². The molecule has 15 heavy (non-hydrogen) atoms. The van der Waals surface area contributed by atoms with Crippen LogP contribution in [-0.2, 0) is 0 Å². The van der Waals surface area contributed by atoms with E-state index in [2.05, 4.69) is 9.97 Å². The number of fused-ring (bicyclic) bond motifs is 1. The molecular formula is C9H7F2N3O. The number of aromatic nitrogens is 2. The van der Waals surface area contributed by atoms with Gasteiger partial charge in [-0.05, 0) is 0 Å². The van der Waals surface area contributed by atoms with Crippen LogP contribution in [0.3, 0.4) is 0 Å². The highest BCUT2D eigenvalue weighted by Crippen LogP contribution is 2.22. The van der Waals surface area contributed by atoms with Crippen LogP contribution < -0.4 is 10.5 Å². The molecule has 0 aliphatic rings. The quantitative estimate of drug-likeness (QED) is 0.776. The molecule has 0 amide bonds. The summed E-state index contributed by atoms with van der Waals surface area (Å²) in [5.74, 6) is -1.84. The number of hydrogen-bond donors (Lipinski definition) is 1. The number of ether oxygens (including phenoxy) is 1. The van der Waals surface area contributed by atoms with Crippen molar-refractivity contribution >= 4 is 16.9 Å². The molecule has 1 aromatic carbocycles. The second kappa shape index (κ2) is 3.30. The number of methoxy groups -OCH3 is 1. The summed E-state index contributed by atoms with van der Waals surface area (Å²) in [7, 11) is 1.37. The van der Waals surface area contributed by atoms with E-state index in [1.54, 1.807) is 0 Å². The molecule has 4 nitrogen and oxygen atoms in total. The maximum absolute atomic E-state index is 12.9. The van der Waals surface area contributed by atoms with E-state index >= 15 is 0 Å². The Kier molecular flexibility index (Phi) is 2.11. The van der Waals surface area contributed by atoms with E-state index < -0.39 is 11.6 Å². The fraction of sp³-hybridized carbons (Fsp3) is 0.111. The Morgan fingerprint density at radius 2 is 1.67 bits per heavy atom. The Morgan fingerprint density at radius 3 is 2.20 bits per heavy atom. The van der Waals surface area contributed by atoms with E-state index in [1.165, 1.54) is 7.11 Å². The molecular weight excluding hydrogens is 204 g/mol. The van der Waals surface area contributed by atoms with Gasteiger partial charge in [0.05, 0.1) is 18.1 Å². The molecule has 1 heterocycles. The first-order valence-corrected chi connectivity index (χ1v) is 4.08. The monoisotopic (exact) mass is 211 g/mol. The molecule has 0 aliphatic carbocycles. The standard InChI is InChI=1S/C9H7F2N3O/c1-15-9-8(12)13-6-2-4(10)5(11)3-7(6)14-9/h2-3H,1H3,(H2,12,13). The average molecular weight is 211 g/mol. The van der Waals surface area contributed by atoms with Crippen molar-refractivity contribution < 1.29 is 13.5 Å². The number of hydrogen-bond acceptors (Lipinski definition) is 4. The number of nitrogens with two attached hydrogens (primary N) is 1. The van der Waals surface area contributed by atoms with Gasteiger partial charge in [-0.2, -0.15) is 0 Å². The highest BCUT2D eigenvalue weighted by atomic mass is 19.2. The van der Waals surface area contributed by atoms with Crippen LogP contribution in [0.2, 0.25) is 0 Å². The van der Waals surface area contributed by atoms with Crippen LogP contribution in [0.5, 0.6) is 5.88 Å². The lowest BCUT2D eigenvalue weighted by Crippen LogP contribution is -2.00. The summed E-state index contributed by atoms with van der Waals surface area (Å²) in [6.45, 7) is 0. The van der Waals surface area contributed by atoms with Crippen LogP contribution in [0, 0.1) is 11.6 Å². The molecule has 0 aliphatic heterocycles. The summed E-state index contributed by atoms with van der Waals surface area (Å²) < 4.78 is 30.5. The van der Waals surface area contributed by atoms with E-state index in [1.807, 2.05) is 0 Å². The average Bonchev–Trinajstić information content (AvgIpc) is 2.20. The first kappa shape index (κ1) is 9.57. The van der Waals surface area contributed by atoms with Crippen molar-refractivity contribution in [3.05, 3.63) is 23.8 Å². The first-order valence-electron chi connectivity index (χ1n) is 4.08. The van der Waals surface area contributed by atoms with Gasteiger partial charge in [0.15, 0.2) is 17.5 Å². The first-order chi connectivity index (χ1) is 7.11. The molecule has 0 unspecified atom stereocenters. The Hall–Kier alpha value is -1.98. The molecule has 0 saturated carbocycles. The van der Waals surface area contributed by atoms with Gasteiger partial charge in [0.25, 0.3) is 5.88 Å². The zero-order valence-corrected chi connectivity index (χ0v) is 7.79. The van der Waals surface area contributed by atoms with Gasteiger partial charge >= 0.3 is 0 Å². The van der Waals surface area contributed by atoms with Gasteiger partial charge in [0.2, 0.25) is 0 Å². The highest BCUT2D eigenvalue weighted by molar-refractivity contribution is 5.77. The normalized spacial score (nSPS) is 10.6. The number of halogens is 2. The minimum absolute atomic E-state index is 0.0380. The van der Waals surface area contributed by atoms with Gasteiger partial charge in [-0.3, -0.25) is 0 Å². The SMILES string of the molecule is COc1nc2cc(F)c(F)cc2nc1N. The van der Waals surface area contributed by atoms with Crippen molar-refractivity contribution in [2.45, 2.75) is 0 Å². The second-order valence-corrected chi connectivity index (χ2v) is 2.87. The summed E-state index contributed by atoms with van der Waals surface area (Å²) in [4.78, 5) is 7.71. The lowest BCUT2D eigenvalue weighted by molar-refractivity contribution is 0.400. The predicted octanol–water partition coefficient (Wildman–Crippen LogP) is 1.50. The molecule has 0 radical (unpaired) electrons. The van der Waals surface area contributed by atoms with Crippen LogP contribution in [0.25, 0.3) is 11.0 Å². The Bertz CT molecular complexity index is 530. The Morgan fingerprint density at radius 1 is 1.13 bits per heavy atom. The summed E-state index contributed by atoms with van der Waals surface area (Å²) in [5.41, 5.74) is 5.85. The van der Waals surface area contributed by atoms with Crippen LogP contribution in [0.4, 0.5) is 14.6 Å². The third-order valence-electron chi connectivity index (χ3n) is 1.89. The molecule has 2 aromatic rings. The Labute approximate surface area is 83.7 Å². The number of rotatable bonds is 1. The number of anilines is 1.